The van der Waals surface area contributed by atoms with Gasteiger partial charge in [-0.1, -0.05) is 12.8 Å². The molecule has 0 aliphatic carbocycles. The Morgan fingerprint density at radius 2 is 1.12 bits per heavy atom. The van der Waals surface area contributed by atoms with Gasteiger partial charge in [-0.3, -0.25) is 9.59 Å². The minimum atomic E-state index is -0.992. The van der Waals surface area contributed by atoms with Crippen LogP contribution in [0, 0.1) is 22.7 Å². The fourth-order valence-corrected chi connectivity index (χ4v) is 2.56. The number of rotatable bonds is 14. The summed E-state index contributed by atoms with van der Waals surface area (Å²) in [5.41, 5.74) is -1.98. The second kappa shape index (κ2) is 12.8. The predicted octanol–water partition coefficient (Wildman–Crippen LogP) is 5.43. The third kappa shape index (κ3) is 12.0. The van der Waals surface area contributed by atoms with Crippen LogP contribution in [-0.2, 0) is 9.59 Å². The Labute approximate surface area is 165 Å². The Balaban J connectivity index is 4.50. The molecule has 6 nitrogen and oxygen atoms in total. The lowest BCUT2D eigenvalue weighted by Gasteiger charge is -2.19. The molecule has 0 aromatic carbocycles. The zero-order valence-electron chi connectivity index (χ0n) is 15.4. The standard InChI is InChI=1S/C18H26Cl2N4O2/c1-17(13-21,11-7-3-5-9-15(19)25)23-24-18(2,14-22)12-8-4-6-10-16(20)26/h3-12H2,1-2H3. The van der Waals surface area contributed by atoms with Gasteiger partial charge >= 0.3 is 0 Å². The summed E-state index contributed by atoms with van der Waals surface area (Å²) < 4.78 is 0. The zero-order valence-corrected chi connectivity index (χ0v) is 16.9. The van der Waals surface area contributed by atoms with Crippen LogP contribution in [0.4, 0.5) is 0 Å². The molecule has 0 radical (unpaired) electrons. The van der Waals surface area contributed by atoms with E-state index < -0.39 is 11.1 Å². The minimum Gasteiger partial charge on any atom is -0.281 e. The van der Waals surface area contributed by atoms with E-state index in [0.717, 1.165) is 25.7 Å². The van der Waals surface area contributed by atoms with Gasteiger partial charge in [-0.2, -0.15) is 20.8 Å². The van der Waals surface area contributed by atoms with Crippen molar-refractivity contribution in [2.45, 2.75) is 89.1 Å². The summed E-state index contributed by atoms with van der Waals surface area (Å²) in [4.78, 5) is 21.4. The fraction of sp³-hybridized carbons (Fsp3) is 0.778. The molecule has 8 heteroatoms. The Morgan fingerprint density at radius 1 is 0.769 bits per heavy atom. The highest BCUT2D eigenvalue weighted by atomic mass is 35.5. The van der Waals surface area contributed by atoms with Crippen LogP contribution in [0.5, 0.6) is 0 Å². The summed E-state index contributed by atoms with van der Waals surface area (Å²) >= 11 is 10.6. The van der Waals surface area contributed by atoms with Gasteiger partial charge in [0.05, 0.1) is 12.1 Å². The summed E-state index contributed by atoms with van der Waals surface area (Å²) in [6, 6.07) is 4.30. The summed E-state index contributed by atoms with van der Waals surface area (Å²) in [5, 5.41) is 26.4. The molecule has 2 unspecified atom stereocenters. The molecule has 2 atom stereocenters. The maximum atomic E-state index is 10.7. The second-order valence-electron chi connectivity index (χ2n) is 6.80. The molecule has 0 fully saturated rings. The monoisotopic (exact) mass is 400 g/mol. The quantitative estimate of drug-likeness (QED) is 0.220. The molecule has 144 valence electrons. The molecule has 0 heterocycles. The third-order valence-electron chi connectivity index (χ3n) is 4.05. The van der Waals surface area contributed by atoms with Crippen molar-refractivity contribution in [3.8, 4) is 12.1 Å². The Bertz CT molecular complexity index is 533. The van der Waals surface area contributed by atoms with Crippen LogP contribution in [0.25, 0.3) is 0 Å². The summed E-state index contributed by atoms with van der Waals surface area (Å²) in [6.45, 7) is 3.38. The molecule has 0 aromatic rings. The number of carbonyl (C=O) groups is 2. The average molecular weight is 401 g/mol. The highest BCUT2D eigenvalue weighted by molar-refractivity contribution is 6.63. The van der Waals surface area contributed by atoms with Crippen LogP contribution in [0.2, 0.25) is 0 Å². The van der Waals surface area contributed by atoms with Gasteiger partial charge in [0.15, 0.2) is 11.1 Å². The van der Waals surface area contributed by atoms with E-state index in [1.54, 1.807) is 13.8 Å². The van der Waals surface area contributed by atoms with Gasteiger partial charge < -0.3 is 0 Å². The maximum absolute atomic E-state index is 10.7. The molecule has 0 aliphatic heterocycles. The van der Waals surface area contributed by atoms with Crippen molar-refractivity contribution in [2.75, 3.05) is 0 Å². The molecule has 0 amide bonds. The van der Waals surface area contributed by atoms with Crippen LogP contribution in [0.3, 0.4) is 0 Å². The minimum absolute atomic E-state index is 0.328. The van der Waals surface area contributed by atoms with Crippen molar-refractivity contribution < 1.29 is 9.59 Å². The highest BCUT2D eigenvalue weighted by Gasteiger charge is 2.27. The summed E-state index contributed by atoms with van der Waals surface area (Å²) in [7, 11) is 0. The summed E-state index contributed by atoms with van der Waals surface area (Å²) in [6.07, 6.45) is 6.03. The first-order valence-corrected chi connectivity index (χ1v) is 9.55. The predicted molar refractivity (Wildman–Crippen MR) is 101 cm³/mol. The van der Waals surface area contributed by atoms with Crippen molar-refractivity contribution in [2.24, 2.45) is 10.2 Å². The van der Waals surface area contributed by atoms with E-state index in [1.807, 2.05) is 0 Å². The molecule has 0 bridgehead atoms. The Hall–Kier alpha value is -1.50. The van der Waals surface area contributed by atoms with Gasteiger partial charge in [0, 0.05) is 12.8 Å². The number of unbranched alkanes of at least 4 members (excludes halogenated alkanes) is 4. The van der Waals surface area contributed by atoms with Crippen LogP contribution in [-0.4, -0.2) is 21.6 Å². The van der Waals surface area contributed by atoms with E-state index in [9.17, 15) is 20.1 Å². The number of halogens is 2. The molecule has 0 rings (SSSR count). The highest BCUT2D eigenvalue weighted by Crippen LogP contribution is 2.25. The van der Waals surface area contributed by atoms with Crippen molar-refractivity contribution in [3.05, 3.63) is 0 Å². The lowest BCUT2D eigenvalue weighted by atomic mass is 9.95. The molecule has 26 heavy (non-hydrogen) atoms. The number of carbonyl (C=O) groups excluding carboxylic acids is 2. The van der Waals surface area contributed by atoms with Crippen molar-refractivity contribution in [1.82, 2.24) is 0 Å². The smallest absolute Gasteiger partial charge is 0.221 e. The van der Waals surface area contributed by atoms with E-state index in [-0.39, 0.29) is 10.5 Å². The van der Waals surface area contributed by atoms with Crippen LogP contribution in [0.1, 0.15) is 78.1 Å². The van der Waals surface area contributed by atoms with Crippen LogP contribution < -0.4 is 0 Å². The molecule has 0 saturated heterocycles. The Morgan fingerprint density at radius 3 is 1.38 bits per heavy atom. The molecular weight excluding hydrogens is 375 g/mol. The average Bonchev–Trinajstić information content (AvgIpc) is 2.59. The number of hydrogen-bond donors (Lipinski definition) is 0. The molecular formula is C18H26Cl2N4O2. The zero-order chi connectivity index (χ0) is 20.1. The molecule has 0 N–H and O–H groups in total. The Kier molecular flexibility index (Phi) is 12.1. The van der Waals surface area contributed by atoms with Crippen LogP contribution in [0.15, 0.2) is 10.2 Å². The fourth-order valence-electron chi connectivity index (χ4n) is 2.30. The van der Waals surface area contributed by atoms with Gasteiger partial charge in [-0.15, -0.1) is 0 Å². The number of nitriles is 2. The van der Waals surface area contributed by atoms with Gasteiger partial charge in [0.25, 0.3) is 0 Å². The second-order valence-corrected chi connectivity index (χ2v) is 7.65. The topological polar surface area (TPSA) is 106 Å². The maximum Gasteiger partial charge on any atom is 0.221 e. The molecule has 0 spiro atoms. The van der Waals surface area contributed by atoms with Crippen molar-refractivity contribution in [3.63, 3.8) is 0 Å². The number of nitrogens with zero attached hydrogens (tertiary/aromatic N) is 4. The largest absolute Gasteiger partial charge is 0.281 e. The first-order valence-electron chi connectivity index (χ1n) is 8.79. The van der Waals surface area contributed by atoms with E-state index in [1.165, 1.54) is 0 Å². The molecule has 0 aromatic heterocycles. The van der Waals surface area contributed by atoms with E-state index in [2.05, 4.69) is 22.4 Å². The van der Waals surface area contributed by atoms with E-state index >= 15 is 0 Å². The van der Waals surface area contributed by atoms with Gasteiger partial charge in [-0.05, 0) is 75.6 Å². The van der Waals surface area contributed by atoms with Gasteiger partial charge in [-0.25, -0.2) is 0 Å². The van der Waals surface area contributed by atoms with Crippen molar-refractivity contribution >= 4 is 33.7 Å². The first kappa shape index (κ1) is 24.5. The lowest BCUT2D eigenvalue weighted by molar-refractivity contribution is -0.112. The number of azo groups is 1. The first-order chi connectivity index (χ1) is 12.2. The molecule has 0 aliphatic rings. The molecule has 0 saturated carbocycles. The van der Waals surface area contributed by atoms with Crippen LogP contribution >= 0.6 is 23.2 Å². The number of hydrogen-bond acceptors (Lipinski definition) is 6. The SMILES string of the molecule is CC(C#N)(CCCCCC(=O)Cl)N=NC(C)(C#N)CCCCCC(=O)Cl. The third-order valence-corrected chi connectivity index (χ3v) is 4.42. The van der Waals surface area contributed by atoms with E-state index in [4.69, 9.17) is 23.2 Å². The normalized spacial score (nSPS) is 15.6. The van der Waals surface area contributed by atoms with Gasteiger partial charge in [0.2, 0.25) is 10.5 Å². The summed E-state index contributed by atoms with van der Waals surface area (Å²) in [5.74, 6) is 0. The van der Waals surface area contributed by atoms with Gasteiger partial charge in [0.1, 0.15) is 0 Å². The van der Waals surface area contributed by atoms with E-state index in [0.29, 0.717) is 38.5 Å². The van der Waals surface area contributed by atoms with Crippen molar-refractivity contribution in [1.29, 1.82) is 10.5 Å². The lowest BCUT2D eigenvalue weighted by Crippen LogP contribution is -2.23.